The van der Waals surface area contributed by atoms with E-state index >= 15 is 0 Å². The van der Waals surface area contributed by atoms with Gasteiger partial charge in [0.2, 0.25) is 0 Å². The van der Waals surface area contributed by atoms with E-state index in [1.165, 1.54) is 0 Å². The zero-order valence-electron chi connectivity index (χ0n) is 3.92. The lowest BCUT2D eigenvalue weighted by molar-refractivity contribution is -0.135. The minimum atomic E-state index is -2.81. The first-order chi connectivity index (χ1) is 3.63. The highest BCUT2D eigenvalue weighted by Gasteiger charge is 1.95. The van der Waals surface area contributed by atoms with Gasteiger partial charge in [0, 0.05) is 0 Å². The standard InChI is InChI=1S/C2H6NO4P/c4-2(5)1-3-8(6)7/h8H,1H2,(H,4,5)(H2,3,6,7). The molecule has 3 N–H and O–H groups in total. The molecule has 0 saturated carbocycles. The lowest BCUT2D eigenvalue weighted by Crippen LogP contribution is -2.14. The molecule has 0 fully saturated rings. The molecule has 5 nitrogen and oxygen atoms in total. The van der Waals surface area contributed by atoms with Crippen LogP contribution >= 0.6 is 8.18 Å². The molecule has 0 aliphatic heterocycles. The van der Waals surface area contributed by atoms with Crippen LogP contribution in [0.1, 0.15) is 0 Å². The van der Waals surface area contributed by atoms with Crippen molar-refractivity contribution in [2.24, 2.45) is 0 Å². The molecule has 1 atom stereocenters. The average Bonchev–Trinajstić information content (AvgIpc) is 1.61. The zero-order chi connectivity index (χ0) is 6.57. The zero-order valence-corrected chi connectivity index (χ0v) is 4.92. The highest BCUT2D eigenvalue weighted by molar-refractivity contribution is 7.35. The van der Waals surface area contributed by atoms with Crippen molar-refractivity contribution >= 4 is 14.1 Å². The van der Waals surface area contributed by atoms with E-state index in [-0.39, 0.29) is 0 Å². The Balaban J connectivity index is 3.18. The Morgan fingerprint density at radius 3 is 2.38 bits per heavy atom. The van der Waals surface area contributed by atoms with Crippen molar-refractivity contribution < 1.29 is 19.4 Å². The van der Waals surface area contributed by atoms with Crippen molar-refractivity contribution in [3.63, 3.8) is 0 Å². The minimum Gasteiger partial charge on any atom is -0.480 e. The van der Waals surface area contributed by atoms with Crippen molar-refractivity contribution in [2.75, 3.05) is 6.54 Å². The summed E-state index contributed by atoms with van der Waals surface area (Å²) in [6.07, 6.45) is 0. The van der Waals surface area contributed by atoms with Crippen LogP contribution in [0.25, 0.3) is 0 Å². The Morgan fingerprint density at radius 2 is 2.25 bits per heavy atom. The molecule has 0 spiro atoms. The number of hydrogen-bond donors (Lipinski definition) is 3. The molecule has 8 heavy (non-hydrogen) atoms. The van der Waals surface area contributed by atoms with E-state index in [9.17, 15) is 9.36 Å². The third-order valence-electron chi connectivity index (χ3n) is 0.391. The molecule has 0 saturated heterocycles. The molecular formula is C2H6NO4P. The second-order valence-electron chi connectivity index (χ2n) is 1.05. The summed E-state index contributed by atoms with van der Waals surface area (Å²) in [6.45, 7) is -0.464. The van der Waals surface area contributed by atoms with Crippen molar-refractivity contribution in [1.29, 1.82) is 0 Å². The van der Waals surface area contributed by atoms with Gasteiger partial charge in [0.05, 0.1) is 0 Å². The van der Waals surface area contributed by atoms with E-state index < -0.39 is 20.7 Å². The summed E-state index contributed by atoms with van der Waals surface area (Å²) < 4.78 is 9.71. The maximum Gasteiger partial charge on any atom is 0.317 e. The summed E-state index contributed by atoms with van der Waals surface area (Å²) in [4.78, 5) is 17.6. The number of hydrogen-bond acceptors (Lipinski definition) is 2. The highest BCUT2D eigenvalue weighted by atomic mass is 31.1. The normalized spacial score (nSPS) is 13.1. The number of carboxylic acid groups (broad SMARTS) is 1. The summed E-state index contributed by atoms with van der Waals surface area (Å²) >= 11 is 0. The first kappa shape index (κ1) is 7.62. The van der Waals surface area contributed by atoms with Crippen LogP contribution in [-0.4, -0.2) is 22.5 Å². The Morgan fingerprint density at radius 1 is 1.75 bits per heavy atom. The van der Waals surface area contributed by atoms with Crippen molar-refractivity contribution in [1.82, 2.24) is 5.09 Å². The quantitative estimate of drug-likeness (QED) is 0.438. The van der Waals surface area contributed by atoms with Gasteiger partial charge in [0.15, 0.2) is 0 Å². The van der Waals surface area contributed by atoms with Gasteiger partial charge in [-0.05, 0) is 0 Å². The van der Waals surface area contributed by atoms with Crippen LogP contribution in [0.5, 0.6) is 0 Å². The molecule has 0 rings (SSSR count). The molecule has 0 aliphatic carbocycles. The van der Waals surface area contributed by atoms with Crippen molar-refractivity contribution in [2.45, 2.75) is 0 Å². The molecule has 6 heteroatoms. The van der Waals surface area contributed by atoms with Gasteiger partial charge in [-0.1, -0.05) is 0 Å². The first-order valence-corrected chi connectivity index (χ1v) is 3.17. The van der Waals surface area contributed by atoms with E-state index in [2.05, 4.69) is 0 Å². The third-order valence-corrected chi connectivity index (χ3v) is 0.870. The molecule has 0 heterocycles. The van der Waals surface area contributed by atoms with E-state index in [0.29, 0.717) is 0 Å². The molecule has 0 aliphatic rings. The summed E-state index contributed by atoms with van der Waals surface area (Å²) in [5.74, 6) is -1.14. The van der Waals surface area contributed by atoms with E-state index in [1.54, 1.807) is 0 Å². The maximum atomic E-state index is 9.71. The van der Waals surface area contributed by atoms with Crippen LogP contribution in [0.15, 0.2) is 0 Å². The smallest absolute Gasteiger partial charge is 0.317 e. The van der Waals surface area contributed by atoms with Gasteiger partial charge in [-0.25, -0.2) is 5.09 Å². The van der Waals surface area contributed by atoms with Gasteiger partial charge in [-0.3, -0.25) is 9.36 Å². The first-order valence-electron chi connectivity index (χ1n) is 1.81. The summed E-state index contributed by atoms with van der Waals surface area (Å²) in [5.41, 5.74) is 0. The number of carbonyl (C=O) groups is 1. The molecule has 0 aromatic heterocycles. The lowest BCUT2D eigenvalue weighted by atomic mass is 10.7. The summed E-state index contributed by atoms with van der Waals surface area (Å²) in [5, 5.41) is 9.71. The minimum absolute atomic E-state index is 0.464. The van der Waals surface area contributed by atoms with Crippen LogP contribution in [0.3, 0.4) is 0 Å². The van der Waals surface area contributed by atoms with Crippen LogP contribution in [0.2, 0.25) is 0 Å². The SMILES string of the molecule is O=C(O)CN[PH](=O)O. The van der Waals surface area contributed by atoms with Gasteiger partial charge >= 0.3 is 5.97 Å². The van der Waals surface area contributed by atoms with Crippen LogP contribution in [0.4, 0.5) is 0 Å². The number of aliphatic carboxylic acids is 1. The number of nitrogens with one attached hydrogen (secondary N) is 1. The largest absolute Gasteiger partial charge is 0.480 e. The monoisotopic (exact) mass is 139 g/mol. The molecule has 48 valence electrons. The van der Waals surface area contributed by atoms with Crippen LogP contribution in [-0.2, 0) is 9.36 Å². The maximum absolute atomic E-state index is 9.71. The van der Waals surface area contributed by atoms with Gasteiger partial charge in [0.25, 0.3) is 8.18 Å². The van der Waals surface area contributed by atoms with Crippen molar-refractivity contribution in [3.8, 4) is 0 Å². The molecule has 0 aromatic rings. The molecule has 0 bridgehead atoms. The predicted molar refractivity (Wildman–Crippen MR) is 26.9 cm³/mol. The fraction of sp³-hybridized carbons (Fsp3) is 0.500. The topological polar surface area (TPSA) is 86.6 Å². The fourth-order valence-electron chi connectivity index (χ4n) is 0.151. The number of carboxylic acids is 1. The van der Waals surface area contributed by atoms with Crippen LogP contribution in [0, 0.1) is 0 Å². The predicted octanol–water partition coefficient (Wildman–Crippen LogP) is -0.957. The Bertz CT molecular complexity index is 98.6. The van der Waals surface area contributed by atoms with E-state index in [1.807, 2.05) is 5.09 Å². The van der Waals surface area contributed by atoms with Gasteiger partial charge in [0.1, 0.15) is 6.54 Å². The average molecular weight is 139 g/mol. The Labute approximate surface area is 46.3 Å². The van der Waals surface area contributed by atoms with E-state index in [4.69, 9.17) is 10.00 Å². The molecule has 0 aromatic carbocycles. The molecule has 0 radical (unpaired) electrons. The van der Waals surface area contributed by atoms with Gasteiger partial charge < -0.3 is 10.00 Å². The highest BCUT2D eigenvalue weighted by Crippen LogP contribution is 2.01. The molecule has 0 amide bonds. The molecular weight excluding hydrogens is 133 g/mol. The third kappa shape index (κ3) is 5.62. The van der Waals surface area contributed by atoms with Gasteiger partial charge in [-0.15, -0.1) is 0 Å². The van der Waals surface area contributed by atoms with Crippen molar-refractivity contribution in [3.05, 3.63) is 0 Å². The Hall–Kier alpha value is -0.380. The van der Waals surface area contributed by atoms with Gasteiger partial charge in [-0.2, -0.15) is 0 Å². The number of rotatable bonds is 3. The fourth-order valence-corrected chi connectivity index (χ4v) is 0.454. The summed E-state index contributed by atoms with van der Waals surface area (Å²) in [6, 6.07) is 0. The van der Waals surface area contributed by atoms with Crippen LogP contribution < -0.4 is 5.09 Å². The second-order valence-corrected chi connectivity index (χ2v) is 2.02. The van der Waals surface area contributed by atoms with E-state index in [0.717, 1.165) is 0 Å². The molecule has 1 unspecified atom stereocenters. The lowest BCUT2D eigenvalue weighted by Gasteiger charge is -1.90. The Kier molecular flexibility index (Phi) is 3.43. The second kappa shape index (κ2) is 3.60. The summed E-state index contributed by atoms with van der Waals surface area (Å²) in [7, 11) is -2.81.